The number of aromatic nitrogens is 1. The summed E-state index contributed by atoms with van der Waals surface area (Å²) in [6.07, 6.45) is 4.79. The van der Waals surface area contributed by atoms with Crippen molar-refractivity contribution in [1.82, 2.24) is 10.3 Å². The smallest absolute Gasteiger partial charge is 0.220 e. The Labute approximate surface area is 90.9 Å². The van der Waals surface area contributed by atoms with Crippen molar-refractivity contribution in [1.29, 1.82) is 0 Å². The number of pyridine rings is 1. The van der Waals surface area contributed by atoms with Gasteiger partial charge in [0.05, 0.1) is 0 Å². The molecule has 0 aliphatic rings. The Morgan fingerprint density at radius 1 is 1.47 bits per heavy atom. The molecule has 1 heterocycles. The van der Waals surface area contributed by atoms with E-state index in [-0.39, 0.29) is 11.4 Å². The second-order valence-electron chi connectivity index (χ2n) is 4.66. The first-order valence-electron chi connectivity index (χ1n) is 5.17. The number of nitrogens with one attached hydrogen (secondary N) is 1. The van der Waals surface area contributed by atoms with Crippen molar-refractivity contribution >= 4 is 5.91 Å². The Kier molecular flexibility index (Phi) is 3.83. The maximum atomic E-state index is 11.5. The minimum Gasteiger partial charge on any atom is -0.351 e. The van der Waals surface area contributed by atoms with Gasteiger partial charge in [0, 0.05) is 24.4 Å². The summed E-state index contributed by atoms with van der Waals surface area (Å²) in [5, 5.41) is 2.93. The topological polar surface area (TPSA) is 42.0 Å². The molecule has 0 unspecified atom stereocenters. The molecule has 0 atom stereocenters. The van der Waals surface area contributed by atoms with Crippen LogP contribution < -0.4 is 5.32 Å². The number of hydrogen-bond acceptors (Lipinski definition) is 2. The molecule has 82 valence electrons. The summed E-state index contributed by atoms with van der Waals surface area (Å²) in [6, 6.07) is 3.87. The molecule has 1 N–H and O–H groups in total. The molecule has 1 aromatic heterocycles. The first-order chi connectivity index (χ1) is 6.97. The summed E-state index contributed by atoms with van der Waals surface area (Å²) in [5.41, 5.74) is 0.952. The number of hydrogen-bond donors (Lipinski definition) is 1. The molecule has 15 heavy (non-hydrogen) atoms. The van der Waals surface area contributed by atoms with E-state index in [1.165, 1.54) is 0 Å². The van der Waals surface area contributed by atoms with Crippen LogP contribution in [0.3, 0.4) is 0 Å². The first kappa shape index (κ1) is 11.7. The molecule has 0 saturated heterocycles. The van der Waals surface area contributed by atoms with Crippen LogP contribution in [0.1, 0.15) is 32.8 Å². The standard InChI is InChI=1S/C12H18N2O/c1-12(2,3)14-11(15)7-6-10-5-4-8-13-9-10/h4-5,8-9H,6-7H2,1-3H3,(H,14,15). The Morgan fingerprint density at radius 3 is 2.73 bits per heavy atom. The Hall–Kier alpha value is -1.38. The van der Waals surface area contributed by atoms with Crippen LogP contribution in [0.15, 0.2) is 24.5 Å². The highest BCUT2D eigenvalue weighted by molar-refractivity contribution is 5.76. The Bertz CT molecular complexity index is 314. The van der Waals surface area contributed by atoms with Gasteiger partial charge in [0.1, 0.15) is 0 Å². The van der Waals surface area contributed by atoms with Crippen LogP contribution in [0.5, 0.6) is 0 Å². The number of rotatable bonds is 3. The fourth-order valence-electron chi connectivity index (χ4n) is 1.28. The van der Waals surface area contributed by atoms with Gasteiger partial charge in [-0.2, -0.15) is 0 Å². The lowest BCUT2D eigenvalue weighted by Gasteiger charge is -2.20. The van der Waals surface area contributed by atoms with Gasteiger partial charge in [-0.15, -0.1) is 0 Å². The van der Waals surface area contributed by atoms with Gasteiger partial charge in [0.2, 0.25) is 5.91 Å². The van der Waals surface area contributed by atoms with Crippen LogP contribution in [0.2, 0.25) is 0 Å². The summed E-state index contributed by atoms with van der Waals surface area (Å²) in [4.78, 5) is 15.5. The van der Waals surface area contributed by atoms with Crippen molar-refractivity contribution < 1.29 is 4.79 Å². The van der Waals surface area contributed by atoms with Gasteiger partial charge in [-0.25, -0.2) is 0 Å². The van der Waals surface area contributed by atoms with E-state index >= 15 is 0 Å². The third kappa shape index (κ3) is 5.15. The van der Waals surface area contributed by atoms with Gasteiger partial charge in [0.15, 0.2) is 0 Å². The molecule has 1 amide bonds. The summed E-state index contributed by atoms with van der Waals surface area (Å²) >= 11 is 0. The van der Waals surface area contributed by atoms with Crippen LogP contribution in [-0.4, -0.2) is 16.4 Å². The maximum Gasteiger partial charge on any atom is 0.220 e. The zero-order valence-corrected chi connectivity index (χ0v) is 9.58. The molecule has 0 saturated carbocycles. The minimum absolute atomic E-state index is 0.0892. The van der Waals surface area contributed by atoms with Gasteiger partial charge in [0.25, 0.3) is 0 Å². The molecular weight excluding hydrogens is 188 g/mol. The lowest BCUT2D eigenvalue weighted by Crippen LogP contribution is -2.40. The van der Waals surface area contributed by atoms with Gasteiger partial charge in [-0.3, -0.25) is 9.78 Å². The predicted octanol–water partition coefficient (Wildman–Crippen LogP) is 1.93. The van der Waals surface area contributed by atoms with Gasteiger partial charge < -0.3 is 5.32 Å². The quantitative estimate of drug-likeness (QED) is 0.821. The van der Waals surface area contributed by atoms with Crippen LogP contribution in [0.25, 0.3) is 0 Å². The summed E-state index contributed by atoms with van der Waals surface area (Å²) in [7, 11) is 0. The highest BCUT2D eigenvalue weighted by Gasteiger charge is 2.13. The van der Waals surface area contributed by atoms with Crippen molar-refractivity contribution in [2.75, 3.05) is 0 Å². The fourth-order valence-corrected chi connectivity index (χ4v) is 1.28. The van der Waals surface area contributed by atoms with Crippen LogP contribution in [0, 0.1) is 0 Å². The average molecular weight is 206 g/mol. The van der Waals surface area contributed by atoms with Crippen molar-refractivity contribution in [3.8, 4) is 0 Å². The molecule has 3 heteroatoms. The number of carbonyl (C=O) groups is 1. The van der Waals surface area contributed by atoms with Crippen LogP contribution in [0.4, 0.5) is 0 Å². The third-order valence-corrected chi connectivity index (χ3v) is 1.88. The molecule has 1 rings (SSSR count). The molecule has 0 aliphatic carbocycles. The first-order valence-corrected chi connectivity index (χ1v) is 5.17. The second-order valence-corrected chi connectivity index (χ2v) is 4.66. The molecule has 0 aliphatic heterocycles. The van der Waals surface area contributed by atoms with E-state index in [1.807, 2.05) is 32.9 Å². The van der Waals surface area contributed by atoms with Crippen molar-refractivity contribution in [3.63, 3.8) is 0 Å². The normalized spacial score (nSPS) is 11.1. The van der Waals surface area contributed by atoms with E-state index < -0.39 is 0 Å². The van der Waals surface area contributed by atoms with Gasteiger partial charge in [-0.05, 0) is 38.8 Å². The zero-order chi connectivity index (χ0) is 11.3. The van der Waals surface area contributed by atoms with Gasteiger partial charge in [-0.1, -0.05) is 6.07 Å². The fraction of sp³-hybridized carbons (Fsp3) is 0.500. The van der Waals surface area contributed by atoms with E-state index in [4.69, 9.17) is 0 Å². The van der Waals surface area contributed by atoms with Crippen molar-refractivity contribution in [2.24, 2.45) is 0 Å². The van der Waals surface area contributed by atoms with E-state index in [1.54, 1.807) is 12.4 Å². The molecule has 1 aromatic rings. The van der Waals surface area contributed by atoms with E-state index in [2.05, 4.69) is 10.3 Å². The second kappa shape index (κ2) is 4.91. The van der Waals surface area contributed by atoms with Crippen LogP contribution in [-0.2, 0) is 11.2 Å². The lowest BCUT2D eigenvalue weighted by atomic mass is 10.1. The highest BCUT2D eigenvalue weighted by Crippen LogP contribution is 2.03. The Balaban J connectivity index is 2.35. The minimum atomic E-state index is -0.147. The number of aryl methyl sites for hydroxylation is 1. The predicted molar refractivity (Wildman–Crippen MR) is 60.5 cm³/mol. The molecule has 0 spiro atoms. The molecule has 0 bridgehead atoms. The molecule has 0 radical (unpaired) electrons. The highest BCUT2D eigenvalue weighted by atomic mass is 16.1. The SMILES string of the molecule is CC(C)(C)NC(=O)CCc1cccnc1. The molecule has 3 nitrogen and oxygen atoms in total. The van der Waals surface area contributed by atoms with Gasteiger partial charge >= 0.3 is 0 Å². The van der Waals surface area contributed by atoms with E-state index in [0.717, 1.165) is 12.0 Å². The van der Waals surface area contributed by atoms with Crippen molar-refractivity contribution in [3.05, 3.63) is 30.1 Å². The zero-order valence-electron chi connectivity index (χ0n) is 9.58. The number of carbonyl (C=O) groups excluding carboxylic acids is 1. The number of nitrogens with zero attached hydrogens (tertiary/aromatic N) is 1. The molecular formula is C12H18N2O. The lowest BCUT2D eigenvalue weighted by molar-refractivity contribution is -0.122. The summed E-state index contributed by atoms with van der Waals surface area (Å²) in [6.45, 7) is 5.94. The molecule has 0 fully saturated rings. The van der Waals surface area contributed by atoms with Crippen molar-refractivity contribution in [2.45, 2.75) is 39.2 Å². The Morgan fingerprint density at radius 2 is 2.20 bits per heavy atom. The summed E-state index contributed by atoms with van der Waals surface area (Å²) < 4.78 is 0. The largest absolute Gasteiger partial charge is 0.351 e. The average Bonchev–Trinajstić information content (AvgIpc) is 2.14. The van der Waals surface area contributed by atoms with E-state index in [9.17, 15) is 4.79 Å². The molecule has 0 aromatic carbocycles. The van der Waals surface area contributed by atoms with E-state index in [0.29, 0.717) is 6.42 Å². The third-order valence-electron chi connectivity index (χ3n) is 1.88. The maximum absolute atomic E-state index is 11.5. The van der Waals surface area contributed by atoms with Crippen LogP contribution >= 0.6 is 0 Å². The number of amides is 1. The summed E-state index contributed by atoms with van der Waals surface area (Å²) in [5.74, 6) is 0.0892. The monoisotopic (exact) mass is 206 g/mol.